The minimum atomic E-state index is -0.662. The second kappa shape index (κ2) is 8.20. The van der Waals surface area contributed by atoms with E-state index in [2.05, 4.69) is 10.4 Å². The molecule has 10 nitrogen and oxygen atoms in total. The van der Waals surface area contributed by atoms with Crippen molar-refractivity contribution in [3.8, 4) is 5.75 Å². The number of nitrogens with zero attached hydrogens (tertiary/aromatic N) is 4. The average Bonchev–Trinajstić information content (AvgIpc) is 3.40. The Balaban J connectivity index is 1.54. The first-order valence-electron chi connectivity index (χ1n) is 8.83. The largest absolute Gasteiger partial charge is 0.495 e. The fourth-order valence-electron chi connectivity index (χ4n) is 3.02. The molecule has 3 aromatic rings. The second-order valence-corrected chi connectivity index (χ2v) is 7.15. The van der Waals surface area contributed by atoms with Crippen LogP contribution in [0.4, 0.5) is 11.5 Å². The lowest BCUT2D eigenvalue weighted by molar-refractivity contribution is -0.389. The number of nitro groups is 1. The van der Waals surface area contributed by atoms with Gasteiger partial charge in [0.25, 0.3) is 5.91 Å². The highest BCUT2D eigenvalue weighted by atomic mass is 35.5. The summed E-state index contributed by atoms with van der Waals surface area (Å²) in [6, 6.07) is 10.4. The molecule has 0 radical (unpaired) electrons. The van der Waals surface area contributed by atoms with Crippen LogP contribution in [0.15, 0.2) is 52.7 Å². The van der Waals surface area contributed by atoms with Gasteiger partial charge in [0.2, 0.25) is 0 Å². The number of amides is 1. The number of carbonyl (C=O) groups excluding carboxylic acids is 1. The number of benzene rings is 1. The van der Waals surface area contributed by atoms with Crippen LogP contribution < -0.4 is 15.0 Å². The zero-order valence-corrected chi connectivity index (χ0v) is 17.5. The van der Waals surface area contributed by atoms with Gasteiger partial charge in [-0.25, -0.2) is 4.90 Å². The Morgan fingerprint density at radius 3 is 2.84 bits per heavy atom. The summed E-state index contributed by atoms with van der Waals surface area (Å²) in [4.78, 5) is 24.5. The summed E-state index contributed by atoms with van der Waals surface area (Å²) in [7, 11) is 1.51. The van der Waals surface area contributed by atoms with Crippen molar-refractivity contribution in [3.05, 3.63) is 74.9 Å². The van der Waals surface area contributed by atoms with Gasteiger partial charge in [-0.1, -0.05) is 23.7 Å². The van der Waals surface area contributed by atoms with E-state index >= 15 is 0 Å². The molecular weight excluding hydrogens is 446 g/mol. The molecule has 31 heavy (non-hydrogen) atoms. The molecule has 0 spiro atoms. The normalized spacial score (nSPS) is 14.9. The Labute approximate surface area is 185 Å². The van der Waals surface area contributed by atoms with E-state index in [-0.39, 0.29) is 28.3 Å². The van der Waals surface area contributed by atoms with Crippen molar-refractivity contribution in [2.75, 3.05) is 12.0 Å². The quantitative estimate of drug-likeness (QED) is 0.258. The maximum atomic E-state index is 12.9. The minimum Gasteiger partial charge on any atom is -0.495 e. The molecule has 1 saturated heterocycles. The van der Waals surface area contributed by atoms with Crippen molar-refractivity contribution in [3.63, 3.8) is 0 Å². The van der Waals surface area contributed by atoms with Crippen molar-refractivity contribution >= 4 is 52.4 Å². The Bertz CT molecular complexity index is 1230. The molecule has 0 atom stereocenters. The van der Waals surface area contributed by atoms with Gasteiger partial charge in [-0.3, -0.25) is 4.79 Å². The van der Waals surface area contributed by atoms with Crippen LogP contribution in [-0.4, -0.2) is 32.8 Å². The third kappa shape index (κ3) is 4.00. The highest BCUT2D eigenvalue weighted by Gasteiger charge is 2.34. The third-order valence-electron chi connectivity index (χ3n) is 4.36. The zero-order valence-electron chi connectivity index (χ0n) is 15.9. The Kier molecular flexibility index (Phi) is 5.44. The molecule has 3 heterocycles. The van der Waals surface area contributed by atoms with Crippen molar-refractivity contribution in [1.29, 1.82) is 0 Å². The molecule has 1 aromatic carbocycles. The number of thiocarbonyl (C=S) groups is 1. The fourth-order valence-corrected chi connectivity index (χ4v) is 3.53. The first-order valence-corrected chi connectivity index (χ1v) is 9.62. The number of methoxy groups -OCH3 is 1. The number of aromatic nitrogens is 2. The Hall–Kier alpha value is -3.70. The van der Waals surface area contributed by atoms with Gasteiger partial charge < -0.3 is 24.6 Å². The number of anilines is 1. The minimum absolute atomic E-state index is 0.0652. The van der Waals surface area contributed by atoms with E-state index in [9.17, 15) is 14.9 Å². The fraction of sp³-hybridized carbons (Fsp3) is 0.105. The number of hydrogen-bond donors (Lipinski definition) is 1. The zero-order chi connectivity index (χ0) is 22.1. The van der Waals surface area contributed by atoms with Gasteiger partial charge in [0, 0.05) is 6.08 Å². The molecule has 0 unspecified atom stereocenters. The molecule has 4 rings (SSSR count). The topological polar surface area (TPSA) is 116 Å². The van der Waals surface area contributed by atoms with Gasteiger partial charge in [-0.15, -0.1) is 0 Å². The summed E-state index contributed by atoms with van der Waals surface area (Å²) < 4.78 is 12.3. The first kappa shape index (κ1) is 20.6. The predicted octanol–water partition coefficient (Wildman–Crippen LogP) is 3.36. The number of furan rings is 1. The second-order valence-electron chi connectivity index (χ2n) is 6.36. The van der Waals surface area contributed by atoms with E-state index in [1.165, 1.54) is 29.0 Å². The molecule has 1 N–H and O–H groups in total. The van der Waals surface area contributed by atoms with E-state index in [0.29, 0.717) is 23.0 Å². The van der Waals surface area contributed by atoms with Gasteiger partial charge >= 0.3 is 5.82 Å². The van der Waals surface area contributed by atoms with Crippen LogP contribution in [0.5, 0.6) is 5.75 Å². The highest BCUT2D eigenvalue weighted by Crippen LogP contribution is 2.31. The van der Waals surface area contributed by atoms with Crippen LogP contribution in [-0.2, 0) is 11.3 Å². The van der Waals surface area contributed by atoms with Gasteiger partial charge in [0.15, 0.2) is 10.1 Å². The smallest absolute Gasteiger partial charge is 0.408 e. The van der Waals surface area contributed by atoms with Crippen LogP contribution in [0.3, 0.4) is 0 Å². The number of para-hydroxylation sites is 2. The van der Waals surface area contributed by atoms with Gasteiger partial charge in [0.1, 0.15) is 29.5 Å². The molecule has 0 aliphatic carbocycles. The summed E-state index contributed by atoms with van der Waals surface area (Å²) in [5.41, 5.74) is 0.753. The molecule has 2 aromatic heterocycles. The summed E-state index contributed by atoms with van der Waals surface area (Å²) in [5.74, 6) is 0.579. The maximum Gasteiger partial charge on any atom is 0.408 e. The maximum absolute atomic E-state index is 12.9. The van der Waals surface area contributed by atoms with Crippen molar-refractivity contribution < 1.29 is 18.9 Å². The SMILES string of the molecule is COc1ccccc1N1C(=O)/C(=C\c2ccc(Cn3cc(Cl)c([N+](=O)[O-])n3)o2)NC1=S. The van der Waals surface area contributed by atoms with Crippen LogP contribution in [0, 0.1) is 10.1 Å². The number of nitrogens with one attached hydrogen (secondary N) is 1. The summed E-state index contributed by atoms with van der Waals surface area (Å²) in [6.45, 7) is 0.129. The van der Waals surface area contributed by atoms with Gasteiger partial charge in [-0.2, -0.15) is 4.68 Å². The van der Waals surface area contributed by atoms with E-state index in [0.717, 1.165) is 0 Å². The van der Waals surface area contributed by atoms with Gasteiger partial charge in [0.05, 0.1) is 24.1 Å². The number of halogens is 1. The Morgan fingerprint density at radius 1 is 1.35 bits per heavy atom. The summed E-state index contributed by atoms with van der Waals surface area (Å²) >= 11 is 11.1. The van der Waals surface area contributed by atoms with Crippen LogP contribution >= 0.6 is 23.8 Å². The van der Waals surface area contributed by atoms with E-state index in [1.54, 1.807) is 36.4 Å². The molecule has 1 aliphatic rings. The van der Waals surface area contributed by atoms with Crippen LogP contribution in [0.25, 0.3) is 6.08 Å². The third-order valence-corrected chi connectivity index (χ3v) is 4.91. The lowest BCUT2D eigenvalue weighted by atomic mass is 10.2. The standard InChI is InChI=1S/C19H14ClN5O5S/c1-29-16-5-3-2-4-15(16)24-18(26)14(21-19(24)31)8-11-6-7-12(30-11)9-23-10-13(20)17(22-23)25(27)28/h2-8,10H,9H2,1H3,(H,21,31)/b14-8+. The van der Waals surface area contributed by atoms with Crippen molar-refractivity contribution in [2.24, 2.45) is 0 Å². The lowest BCUT2D eigenvalue weighted by Crippen LogP contribution is -2.30. The number of ether oxygens (including phenoxy) is 1. The summed E-state index contributed by atoms with van der Waals surface area (Å²) in [6.07, 6.45) is 2.86. The monoisotopic (exact) mass is 459 g/mol. The van der Waals surface area contributed by atoms with Crippen molar-refractivity contribution in [1.82, 2.24) is 15.1 Å². The molecule has 0 bridgehead atoms. The lowest BCUT2D eigenvalue weighted by Gasteiger charge is -2.17. The van der Waals surface area contributed by atoms with Crippen LogP contribution in [0.2, 0.25) is 5.02 Å². The Morgan fingerprint density at radius 2 is 2.13 bits per heavy atom. The summed E-state index contributed by atoms with van der Waals surface area (Å²) in [5, 5.41) is 17.7. The van der Waals surface area contributed by atoms with E-state index < -0.39 is 10.7 Å². The number of hydrogen-bond acceptors (Lipinski definition) is 7. The highest BCUT2D eigenvalue weighted by molar-refractivity contribution is 7.80. The van der Waals surface area contributed by atoms with E-state index in [4.69, 9.17) is 33.0 Å². The molecule has 1 fully saturated rings. The molecular formula is C19H14ClN5O5S. The van der Waals surface area contributed by atoms with Crippen LogP contribution in [0.1, 0.15) is 11.5 Å². The first-order chi connectivity index (χ1) is 14.9. The van der Waals surface area contributed by atoms with E-state index in [1.807, 2.05) is 0 Å². The molecule has 0 saturated carbocycles. The molecule has 1 amide bonds. The molecule has 1 aliphatic heterocycles. The number of carbonyl (C=O) groups is 1. The van der Waals surface area contributed by atoms with Gasteiger partial charge in [-0.05, 0) is 41.4 Å². The number of rotatable bonds is 6. The van der Waals surface area contributed by atoms with Crippen molar-refractivity contribution in [2.45, 2.75) is 6.54 Å². The average molecular weight is 460 g/mol. The molecule has 158 valence electrons. The molecule has 12 heteroatoms. The predicted molar refractivity (Wildman–Crippen MR) is 116 cm³/mol.